The number of benzene rings is 9. The number of nitrogens with zero attached hydrogens (tertiary/aromatic N) is 1. The van der Waals surface area contributed by atoms with Crippen LogP contribution in [-0.4, -0.2) is 0 Å². The quantitative estimate of drug-likeness (QED) is 0.163. The van der Waals surface area contributed by atoms with Gasteiger partial charge in [-0.05, 0) is 96.6 Å². The third-order valence-corrected chi connectivity index (χ3v) is 12.9. The summed E-state index contributed by atoms with van der Waals surface area (Å²) in [7, 11) is 0. The van der Waals surface area contributed by atoms with Crippen LogP contribution in [0.25, 0.3) is 44.5 Å². The van der Waals surface area contributed by atoms with Crippen LogP contribution in [0.2, 0.25) is 0 Å². The molecule has 0 amide bonds. The minimum absolute atomic E-state index is 0.355. The maximum atomic E-state index is 2.53. The van der Waals surface area contributed by atoms with Crippen molar-refractivity contribution in [3.63, 3.8) is 0 Å². The van der Waals surface area contributed by atoms with Crippen LogP contribution in [0, 0.1) is 0 Å². The van der Waals surface area contributed by atoms with Crippen molar-refractivity contribution < 1.29 is 0 Å². The number of hydrogen-bond donors (Lipinski definition) is 0. The maximum absolute atomic E-state index is 2.53. The highest BCUT2D eigenvalue weighted by Crippen LogP contribution is 2.65. The fraction of sp³-hybridized carbons (Fsp3) is 0.0690. The van der Waals surface area contributed by atoms with Gasteiger partial charge in [-0.2, -0.15) is 0 Å². The first-order valence-corrected chi connectivity index (χ1v) is 20.7. The monoisotopic (exact) mass is 753 g/mol. The molecule has 0 bridgehead atoms. The zero-order valence-electron chi connectivity index (χ0n) is 33.3. The molecule has 59 heavy (non-hydrogen) atoms. The molecule has 0 fully saturated rings. The Balaban J connectivity index is 1.24. The summed E-state index contributed by atoms with van der Waals surface area (Å²) in [4.78, 5) is 2.53. The standard InChI is InChI=1S/C58H43N/c1-57(2)49-30-15-16-31-50(49)58(48-29-14-12-27-47(48)55-46(28-18-32-51(55)58)43-24-10-5-11-25-43)52-33-19-35-54(56(52)57)59(44-38-36-41(37-39-44)40-20-6-3-7-21-40)53-34-17-13-26-45(53)42-22-8-4-9-23-42/h3-39H,1-2H3. The summed E-state index contributed by atoms with van der Waals surface area (Å²) < 4.78 is 0. The number of hydrogen-bond acceptors (Lipinski definition) is 1. The molecule has 280 valence electrons. The van der Waals surface area contributed by atoms with Gasteiger partial charge in [0, 0.05) is 16.7 Å². The molecule has 1 spiro atoms. The second-order valence-electron chi connectivity index (χ2n) is 16.4. The summed E-state index contributed by atoms with van der Waals surface area (Å²) >= 11 is 0. The molecule has 0 saturated carbocycles. The third-order valence-electron chi connectivity index (χ3n) is 12.9. The molecule has 0 radical (unpaired) electrons. The smallest absolute Gasteiger partial charge is 0.0720 e. The average Bonchev–Trinajstić information content (AvgIpc) is 3.61. The highest BCUT2D eigenvalue weighted by Gasteiger charge is 2.54. The topological polar surface area (TPSA) is 3.24 Å². The Morgan fingerprint density at radius 2 is 0.763 bits per heavy atom. The average molecular weight is 754 g/mol. The number of para-hydroxylation sites is 1. The van der Waals surface area contributed by atoms with E-state index in [-0.39, 0.29) is 5.41 Å². The Bertz CT molecular complexity index is 3000. The highest BCUT2D eigenvalue weighted by atomic mass is 15.1. The van der Waals surface area contributed by atoms with Crippen molar-refractivity contribution in [3.05, 3.63) is 258 Å². The molecule has 1 atom stereocenters. The van der Waals surface area contributed by atoms with Crippen LogP contribution in [0.15, 0.2) is 224 Å². The fourth-order valence-electron chi connectivity index (χ4n) is 10.5. The molecular weight excluding hydrogens is 711 g/mol. The van der Waals surface area contributed by atoms with Crippen molar-refractivity contribution in [1.29, 1.82) is 0 Å². The minimum atomic E-state index is -0.546. The lowest BCUT2D eigenvalue weighted by Gasteiger charge is -2.48. The van der Waals surface area contributed by atoms with Gasteiger partial charge in [-0.25, -0.2) is 0 Å². The normalized spacial score (nSPS) is 15.5. The Morgan fingerprint density at radius 3 is 1.46 bits per heavy atom. The number of anilines is 3. The number of fused-ring (bicyclic) bond motifs is 9. The van der Waals surface area contributed by atoms with E-state index >= 15 is 0 Å². The van der Waals surface area contributed by atoms with E-state index < -0.39 is 5.41 Å². The van der Waals surface area contributed by atoms with Gasteiger partial charge in [0.1, 0.15) is 0 Å². The molecule has 0 saturated heterocycles. The van der Waals surface area contributed by atoms with Crippen molar-refractivity contribution in [3.8, 4) is 44.5 Å². The van der Waals surface area contributed by atoms with Gasteiger partial charge in [-0.3, -0.25) is 0 Å². The molecule has 0 N–H and O–H groups in total. The molecule has 2 aliphatic carbocycles. The van der Waals surface area contributed by atoms with Crippen LogP contribution in [0.1, 0.15) is 47.2 Å². The zero-order chi connectivity index (χ0) is 39.6. The van der Waals surface area contributed by atoms with Gasteiger partial charge in [0.25, 0.3) is 0 Å². The van der Waals surface area contributed by atoms with E-state index in [2.05, 4.69) is 243 Å². The van der Waals surface area contributed by atoms with Gasteiger partial charge in [-0.15, -0.1) is 0 Å². The molecule has 11 rings (SSSR count). The molecule has 2 aliphatic rings. The molecule has 1 heteroatoms. The third kappa shape index (κ3) is 5.25. The fourth-order valence-corrected chi connectivity index (χ4v) is 10.5. The molecule has 0 aromatic heterocycles. The summed E-state index contributed by atoms with van der Waals surface area (Å²) in [5, 5.41) is 0. The van der Waals surface area contributed by atoms with Crippen LogP contribution in [0.4, 0.5) is 17.1 Å². The van der Waals surface area contributed by atoms with E-state index in [1.54, 1.807) is 0 Å². The van der Waals surface area contributed by atoms with Gasteiger partial charge in [-0.1, -0.05) is 214 Å². The first-order chi connectivity index (χ1) is 29.1. The SMILES string of the molecule is CC1(C)c2ccccc2C2(c3ccccc3-c3c(-c4ccccc4)cccc32)c2cccc(N(c3ccc(-c4ccccc4)cc3)c3ccccc3-c3ccccc3)c21. The lowest BCUT2D eigenvalue weighted by Crippen LogP contribution is -2.41. The molecule has 1 unspecified atom stereocenters. The Hall–Kier alpha value is -7.22. The van der Waals surface area contributed by atoms with Crippen LogP contribution in [0.3, 0.4) is 0 Å². The van der Waals surface area contributed by atoms with E-state index in [4.69, 9.17) is 0 Å². The second kappa shape index (κ2) is 13.7. The summed E-state index contributed by atoms with van der Waals surface area (Å²) in [6, 6.07) is 82.9. The summed E-state index contributed by atoms with van der Waals surface area (Å²) in [6.07, 6.45) is 0. The van der Waals surface area contributed by atoms with Crippen LogP contribution in [-0.2, 0) is 10.8 Å². The molecular formula is C58H43N. The van der Waals surface area contributed by atoms with E-state index in [0.29, 0.717) is 0 Å². The minimum Gasteiger partial charge on any atom is -0.310 e. The molecule has 9 aromatic carbocycles. The Labute approximate surface area is 347 Å². The predicted molar refractivity (Wildman–Crippen MR) is 247 cm³/mol. The van der Waals surface area contributed by atoms with E-state index in [0.717, 1.165) is 11.4 Å². The van der Waals surface area contributed by atoms with E-state index in [1.807, 2.05) is 0 Å². The lowest BCUT2D eigenvalue weighted by atomic mass is 9.55. The van der Waals surface area contributed by atoms with Gasteiger partial charge in [0.15, 0.2) is 0 Å². The zero-order valence-corrected chi connectivity index (χ0v) is 33.3. The van der Waals surface area contributed by atoms with Crippen LogP contribution in [0.5, 0.6) is 0 Å². The molecule has 9 aromatic rings. The van der Waals surface area contributed by atoms with Gasteiger partial charge in [0.05, 0.1) is 16.8 Å². The first-order valence-electron chi connectivity index (χ1n) is 20.7. The van der Waals surface area contributed by atoms with Crippen LogP contribution >= 0.6 is 0 Å². The summed E-state index contributed by atoms with van der Waals surface area (Å²) in [5.41, 5.74) is 20.5. The summed E-state index contributed by atoms with van der Waals surface area (Å²) in [6.45, 7) is 4.87. The Kier molecular flexibility index (Phi) is 8.13. The van der Waals surface area contributed by atoms with E-state index in [9.17, 15) is 0 Å². The Morgan fingerprint density at radius 1 is 0.305 bits per heavy atom. The lowest BCUT2D eigenvalue weighted by molar-refractivity contribution is 0.564. The summed E-state index contributed by atoms with van der Waals surface area (Å²) in [5.74, 6) is 0. The molecule has 1 nitrogen and oxygen atoms in total. The van der Waals surface area contributed by atoms with Crippen molar-refractivity contribution in [2.75, 3.05) is 4.90 Å². The van der Waals surface area contributed by atoms with Crippen molar-refractivity contribution >= 4 is 17.1 Å². The molecule has 0 aliphatic heterocycles. The van der Waals surface area contributed by atoms with Gasteiger partial charge in [0.2, 0.25) is 0 Å². The number of rotatable bonds is 6. The first kappa shape index (κ1) is 35.0. The second-order valence-corrected chi connectivity index (χ2v) is 16.4. The van der Waals surface area contributed by atoms with Gasteiger partial charge >= 0.3 is 0 Å². The van der Waals surface area contributed by atoms with Crippen LogP contribution < -0.4 is 4.90 Å². The van der Waals surface area contributed by atoms with Crippen molar-refractivity contribution in [1.82, 2.24) is 0 Å². The van der Waals surface area contributed by atoms with E-state index in [1.165, 1.54) is 83.6 Å². The maximum Gasteiger partial charge on any atom is 0.0720 e. The van der Waals surface area contributed by atoms with Gasteiger partial charge < -0.3 is 4.90 Å². The van der Waals surface area contributed by atoms with Crippen molar-refractivity contribution in [2.45, 2.75) is 24.7 Å². The molecule has 0 heterocycles. The van der Waals surface area contributed by atoms with Crippen molar-refractivity contribution in [2.24, 2.45) is 0 Å². The highest BCUT2D eigenvalue weighted by molar-refractivity contribution is 5.98. The predicted octanol–water partition coefficient (Wildman–Crippen LogP) is 15.2. The largest absolute Gasteiger partial charge is 0.310 e.